The average Bonchev–Trinajstić information content (AvgIpc) is 3.04. The van der Waals surface area contributed by atoms with E-state index in [1.165, 1.54) is 31.2 Å². The van der Waals surface area contributed by atoms with Crippen LogP contribution in [0.25, 0.3) is 0 Å². The number of carbonyl (C=O) groups excluding carboxylic acids is 4. The SMILES string of the molecule is C[C@@H](O)[C@H]1C(=O)N2C(C(=O)O)=C(Oc3ccc(C(=O)NCC(=O)NCC(N)=O)cc3)S[C@H]12. The van der Waals surface area contributed by atoms with Crippen molar-refractivity contribution in [3.63, 3.8) is 0 Å². The molecule has 170 valence electrons. The molecular weight excluding hydrogens is 444 g/mol. The van der Waals surface area contributed by atoms with E-state index in [-0.39, 0.29) is 35.2 Å². The molecule has 2 aliphatic heterocycles. The molecule has 0 bridgehead atoms. The maximum absolute atomic E-state index is 12.2. The van der Waals surface area contributed by atoms with Gasteiger partial charge in [-0.1, -0.05) is 11.8 Å². The number of β-lactam (4-membered cyclic amide) rings is 1. The molecule has 0 aromatic heterocycles. The molecule has 2 aliphatic rings. The van der Waals surface area contributed by atoms with Gasteiger partial charge in [-0.25, -0.2) is 4.79 Å². The lowest BCUT2D eigenvalue weighted by Gasteiger charge is -2.43. The summed E-state index contributed by atoms with van der Waals surface area (Å²) in [7, 11) is 0. The van der Waals surface area contributed by atoms with Gasteiger partial charge >= 0.3 is 5.97 Å². The molecule has 0 unspecified atom stereocenters. The molecule has 0 aliphatic carbocycles. The highest BCUT2D eigenvalue weighted by atomic mass is 32.2. The maximum Gasteiger partial charge on any atom is 0.357 e. The number of nitrogens with one attached hydrogen (secondary N) is 2. The number of rotatable bonds is 9. The molecule has 0 saturated carbocycles. The van der Waals surface area contributed by atoms with Gasteiger partial charge in [-0.3, -0.25) is 24.1 Å². The predicted octanol–water partition coefficient (Wildman–Crippen LogP) is -1.44. The summed E-state index contributed by atoms with van der Waals surface area (Å²) < 4.78 is 5.64. The number of aliphatic carboxylic acids is 1. The van der Waals surface area contributed by atoms with Crippen LogP contribution in [-0.2, 0) is 19.2 Å². The Bertz CT molecular complexity index is 1010. The summed E-state index contributed by atoms with van der Waals surface area (Å²) in [5, 5.41) is 23.3. The number of benzene rings is 1. The number of thioether (sulfide) groups is 1. The van der Waals surface area contributed by atoms with Gasteiger partial charge in [-0.2, -0.15) is 0 Å². The molecule has 0 radical (unpaired) electrons. The van der Waals surface area contributed by atoms with E-state index in [2.05, 4.69) is 10.6 Å². The van der Waals surface area contributed by atoms with Crippen LogP contribution in [0.3, 0.4) is 0 Å². The molecule has 12 nitrogen and oxygen atoms in total. The number of aliphatic hydroxyl groups is 1. The van der Waals surface area contributed by atoms with Crippen molar-refractivity contribution < 1.29 is 38.9 Å². The number of hydrogen-bond acceptors (Lipinski definition) is 8. The number of carboxylic acids is 1. The van der Waals surface area contributed by atoms with E-state index >= 15 is 0 Å². The Kier molecular flexibility index (Phi) is 6.69. The number of carboxylic acid groups (broad SMARTS) is 1. The number of hydrogen-bond donors (Lipinski definition) is 5. The van der Waals surface area contributed by atoms with E-state index in [1.807, 2.05) is 0 Å². The van der Waals surface area contributed by atoms with Crippen LogP contribution in [0, 0.1) is 5.92 Å². The fourth-order valence-electron chi connectivity index (χ4n) is 3.11. The predicted molar refractivity (Wildman–Crippen MR) is 110 cm³/mol. The summed E-state index contributed by atoms with van der Waals surface area (Å²) in [5.41, 5.74) is 4.82. The molecule has 2 heterocycles. The Hall–Kier alpha value is -3.58. The van der Waals surface area contributed by atoms with E-state index < -0.39 is 47.0 Å². The number of nitrogens with zero attached hydrogens (tertiary/aromatic N) is 1. The molecule has 1 fully saturated rings. The van der Waals surface area contributed by atoms with Crippen LogP contribution in [0.4, 0.5) is 0 Å². The first kappa shape index (κ1) is 23.1. The normalized spacial score (nSPS) is 20.2. The van der Waals surface area contributed by atoms with E-state index in [4.69, 9.17) is 10.5 Å². The van der Waals surface area contributed by atoms with Gasteiger partial charge in [0.05, 0.1) is 25.1 Å². The van der Waals surface area contributed by atoms with Gasteiger partial charge in [-0.05, 0) is 31.2 Å². The first-order valence-electron chi connectivity index (χ1n) is 9.36. The van der Waals surface area contributed by atoms with Crippen LogP contribution < -0.4 is 21.1 Å². The van der Waals surface area contributed by atoms with Gasteiger partial charge in [-0.15, -0.1) is 0 Å². The lowest BCUT2D eigenvalue weighted by atomic mass is 9.92. The van der Waals surface area contributed by atoms with Crippen LogP contribution >= 0.6 is 11.8 Å². The van der Waals surface area contributed by atoms with Crippen molar-refractivity contribution in [1.82, 2.24) is 15.5 Å². The molecule has 1 saturated heterocycles. The first-order chi connectivity index (χ1) is 15.1. The summed E-state index contributed by atoms with van der Waals surface area (Å²) in [4.78, 5) is 59.2. The van der Waals surface area contributed by atoms with E-state index in [1.54, 1.807) is 0 Å². The van der Waals surface area contributed by atoms with Crippen LogP contribution in [0.1, 0.15) is 17.3 Å². The quantitative estimate of drug-likeness (QED) is 0.273. The van der Waals surface area contributed by atoms with Gasteiger partial charge < -0.3 is 31.3 Å². The third-order valence-electron chi connectivity index (χ3n) is 4.66. The third kappa shape index (κ3) is 4.68. The highest BCUT2D eigenvalue weighted by Crippen LogP contribution is 2.50. The molecule has 6 N–H and O–H groups in total. The lowest BCUT2D eigenvalue weighted by molar-refractivity contribution is -0.156. The first-order valence-corrected chi connectivity index (χ1v) is 10.2. The average molecular weight is 464 g/mol. The van der Waals surface area contributed by atoms with Crippen molar-refractivity contribution in [2.45, 2.75) is 18.4 Å². The van der Waals surface area contributed by atoms with E-state index in [0.717, 1.165) is 16.7 Å². The Morgan fingerprint density at radius 3 is 2.41 bits per heavy atom. The Morgan fingerprint density at radius 2 is 1.84 bits per heavy atom. The lowest BCUT2D eigenvalue weighted by Crippen LogP contribution is -2.60. The largest absolute Gasteiger partial charge is 0.476 e. The fourth-order valence-corrected chi connectivity index (χ4v) is 4.58. The summed E-state index contributed by atoms with van der Waals surface area (Å²) in [6, 6.07) is 5.67. The Morgan fingerprint density at radius 1 is 1.19 bits per heavy atom. The van der Waals surface area contributed by atoms with Gasteiger partial charge in [0.25, 0.3) is 5.91 Å². The van der Waals surface area contributed by atoms with Crippen LogP contribution in [0.5, 0.6) is 5.75 Å². The monoisotopic (exact) mass is 464 g/mol. The Labute approximate surface area is 185 Å². The minimum absolute atomic E-state index is 0.00215. The van der Waals surface area contributed by atoms with Crippen molar-refractivity contribution in [2.24, 2.45) is 11.7 Å². The third-order valence-corrected chi connectivity index (χ3v) is 5.90. The zero-order valence-corrected chi connectivity index (χ0v) is 17.5. The van der Waals surface area contributed by atoms with Gasteiger partial charge in [0.1, 0.15) is 11.1 Å². The second-order valence-corrected chi connectivity index (χ2v) is 8.07. The number of carbonyl (C=O) groups is 5. The standard InChI is InChI=1S/C19H20N4O8S/c1-8(24)13-16(28)23-14(18(29)30)19(32-17(13)23)31-10-4-2-9(3-5-10)15(27)22-7-12(26)21-6-11(20)25/h2-5,8,13,17,24H,6-7H2,1H3,(H2,20,25)(H,21,26)(H,22,27)(H,29,30)/t8-,13+,17-/m1/s1. The molecular formula is C19H20N4O8S. The number of amides is 4. The van der Waals surface area contributed by atoms with Crippen molar-refractivity contribution in [3.8, 4) is 5.75 Å². The smallest absolute Gasteiger partial charge is 0.357 e. The van der Waals surface area contributed by atoms with Crippen LogP contribution in [0.15, 0.2) is 35.1 Å². The van der Waals surface area contributed by atoms with Gasteiger partial charge in [0.2, 0.25) is 17.7 Å². The van der Waals surface area contributed by atoms with Gasteiger partial charge in [0, 0.05) is 5.56 Å². The molecule has 4 amide bonds. The highest BCUT2D eigenvalue weighted by Gasteiger charge is 2.58. The van der Waals surface area contributed by atoms with Crippen molar-refractivity contribution >= 4 is 41.4 Å². The Balaban J connectivity index is 1.62. The topological polar surface area (TPSA) is 188 Å². The van der Waals surface area contributed by atoms with Crippen molar-refractivity contribution in [2.75, 3.05) is 13.1 Å². The van der Waals surface area contributed by atoms with E-state index in [9.17, 15) is 34.2 Å². The van der Waals surface area contributed by atoms with Gasteiger partial charge in [0.15, 0.2) is 10.8 Å². The zero-order chi connectivity index (χ0) is 23.6. The number of fused-ring (bicyclic) bond motifs is 1. The highest BCUT2D eigenvalue weighted by molar-refractivity contribution is 8.03. The zero-order valence-electron chi connectivity index (χ0n) is 16.7. The van der Waals surface area contributed by atoms with Crippen molar-refractivity contribution in [3.05, 3.63) is 40.6 Å². The summed E-state index contributed by atoms with van der Waals surface area (Å²) in [6.45, 7) is 0.769. The minimum atomic E-state index is -1.34. The summed E-state index contributed by atoms with van der Waals surface area (Å²) in [5.74, 6) is -4.16. The number of primary amides is 1. The van der Waals surface area contributed by atoms with Crippen molar-refractivity contribution in [1.29, 1.82) is 0 Å². The number of nitrogens with two attached hydrogens (primary N) is 1. The molecule has 1 aromatic carbocycles. The molecule has 1 aromatic rings. The maximum atomic E-state index is 12.2. The molecule has 32 heavy (non-hydrogen) atoms. The number of aliphatic hydroxyl groups excluding tert-OH is 1. The minimum Gasteiger partial charge on any atom is -0.476 e. The summed E-state index contributed by atoms with van der Waals surface area (Å²) >= 11 is 1.03. The second-order valence-electron chi connectivity index (χ2n) is 6.98. The second kappa shape index (κ2) is 9.28. The number of ether oxygens (including phenoxy) is 1. The van der Waals surface area contributed by atoms with Crippen LogP contribution in [0.2, 0.25) is 0 Å². The van der Waals surface area contributed by atoms with E-state index in [0.29, 0.717) is 0 Å². The molecule has 0 spiro atoms. The fraction of sp³-hybridized carbons (Fsp3) is 0.316. The molecule has 13 heteroatoms. The summed E-state index contributed by atoms with van der Waals surface area (Å²) in [6.07, 6.45) is -0.929. The molecule has 3 rings (SSSR count). The molecule has 3 atom stereocenters. The van der Waals surface area contributed by atoms with Crippen LogP contribution in [-0.4, -0.2) is 69.3 Å².